The van der Waals surface area contributed by atoms with Crippen LogP contribution >= 0.6 is 15.9 Å². The second-order valence-electron chi connectivity index (χ2n) is 7.16. The third-order valence-electron chi connectivity index (χ3n) is 4.44. The summed E-state index contributed by atoms with van der Waals surface area (Å²) in [5.74, 6) is 0.166. The fourth-order valence-corrected chi connectivity index (χ4v) is 3.47. The van der Waals surface area contributed by atoms with Crippen LogP contribution in [0.25, 0.3) is 0 Å². The van der Waals surface area contributed by atoms with Crippen molar-refractivity contribution in [2.45, 2.75) is 40.0 Å². The SMILES string of the molecule is CCCOc1c(Br)cc(C(=O)OCC(=O)Nc2c(C)cccc2C(C)C)cc1OC. The molecule has 0 fully saturated rings. The number of halogens is 1. The first-order valence-corrected chi connectivity index (χ1v) is 10.6. The van der Waals surface area contributed by atoms with Gasteiger partial charge in [0.2, 0.25) is 0 Å². The molecule has 2 aromatic carbocycles. The van der Waals surface area contributed by atoms with Crippen LogP contribution in [0.15, 0.2) is 34.8 Å². The first-order valence-electron chi connectivity index (χ1n) is 9.85. The van der Waals surface area contributed by atoms with Gasteiger partial charge in [-0.2, -0.15) is 0 Å². The second-order valence-corrected chi connectivity index (χ2v) is 8.01. The summed E-state index contributed by atoms with van der Waals surface area (Å²) in [6, 6.07) is 8.99. The number of anilines is 1. The van der Waals surface area contributed by atoms with Crippen LogP contribution in [-0.4, -0.2) is 32.2 Å². The van der Waals surface area contributed by atoms with Crippen molar-refractivity contribution in [1.82, 2.24) is 0 Å². The van der Waals surface area contributed by atoms with Crippen molar-refractivity contribution < 1.29 is 23.8 Å². The molecule has 1 N–H and O–H groups in total. The third-order valence-corrected chi connectivity index (χ3v) is 5.03. The smallest absolute Gasteiger partial charge is 0.338 e. The van der Waals surface area contributed by atoms with Gasteiger partial charge < -0.3 is 19.5 Å². The lowest BCUT2D eigenvalue weighted by Gasteiger charge is -2.16. The summed E-state index contributed by atoms with van der Waals surface area (Å²) >= 11 is 3.40. The largest absolute Gasteiger partial charge is 0.493 e. The lowest BCUT2D eigenvalue weighted by Crippen LogP contribution is -2.22. The van der Waals surface area contributed by atoms with Gasteiger partial charge in [0, 0.05) is 5.69 Å². The molecule has 6 nitrogen and oxygen atoms in total. The molecule has 0 radical (unpaired) electrons. The predicted molar refractivity (Wildman–Crippen MR) is 121 cm³/mol. The molecule has 30 heavy (non-hydrogen) atoms. The number of rotatable bonds is 9. The zero-order valence-electron chi connectivity index (χ0n) is 18.0. The van der Waals surface area contributed by atoms with E-state index >= 15 is 0 Å². The van der Waals surface area contributed by atoms with Crippen LogP contribution in [0.1, 0.15) is 54.6 Å². The van der Waals surface area contributed by atoms with Crippen LogP contribution in [0.5, 0.6) is 11.5 Å². The number of ether oxygens (including phenoxy) is 3. The van der Waals surface area contributed by atoms with Crippen LogP contribution in [0, 0.1) is 6.92 Å². The van der Waals surface area contributed by atoms with Crippen molar-refractivity contribution in [3.8, 4) is 11.5 Å². The Balaban J connectivity index is 2.07. The van der Waals surface area contributed by atoms with Crippen LogP contribution in [0.3, 0.4) is 0 Å². The second kappa shape index (κ2) is 11.0. The number of carbonyl (C=O) groups is 2. The predicted octanol–water partition coefficient (Wildman–Crippen LogP) is 5.47. The van der Waals surface area contributed by atoms with Crippen molar-refractivity contribution in [1.29, 1.82) is 0 Å². The molecule has 0 saturated heterocycles. The van der Waals surface area contributed by atoms with Crippen molar-refractivity contribution in [3.05, 3.63) is 51.5 Å². The number of hydrogen-bond donors (Lipinski definition) is 1. The fourth-order valence-electron chi connectivity index (χ4n) is 2.91. The maximum atomic E-state index is 12.5. The van der Waals surface area contributed by atoms with Gasteiger partial charge in [0.1, 0.15) is 0 Å². The Kier molecular flexibility index (Phi) is 8.72. The molecular weight excluding hydrogens is 450 g/mol. The molecule has 2 rings (SSSR count). The minimum atomic E-state index is -0.625. The highest BCUT2D eigenvalue weighted by atomic mass is 79.9. The molecule has 162 valence electrons. The molecule has 7 heteroatoms. The van der Waals surface area contributed by atoms with Gasteiger partial charge in [0.25, 0.3) is 5.91 Å². The Morgan fingerprint density at radius 1 is 1.20 bits per heavy atom. The van der Waals surface area contributed by atoms with E-state index in [0.29, 0.717) is 22.6 Å². The van der Waals surface area contributed by atoms with Crippen LogP contribution in [-0.2, 0) is 9.53 Å². The summed E-state index contributed by atoms with van der Waals surface area (Å²) < 4.78 is 16.8. The van der Waals surface area contributed by atoms with Gasteiger partial charge in [0.15, 0.2) is 18.1 Å². The van der Waals surface area contributed by atoms with E-state index in [4.69, 9.17) is 14.2 Å². The maximum absolute atomic E-state index is 12.5. The number of nitrogens with one attached hydrogen (secondary N) is 1. The molecule has 0 aliphatic heterocycles. The molecule has 0 aliphatic carbocycles. The molecule has 0 aromatic heterocycles. The molecule has 0 heterocycles. The van der Waals surface area contributed by atoms with Crippen molar-refractivity contribution >= 4 is 33.5 Å². The molecule has 1 amide bonds. The van der Waals surface area contributed by atoms with Crippen molar-refractivity contribution in [2.24, 2.45) is 0 Å². The lowest BCUT2D eigenvalue weighted by atomic mass is 9.98. The van der Waals surface area contributed by atoms with Gasteiger partial charge >= 0.3 is 5.97 Å². The fraction of sp³-hybridized carbons (Fsp3) is 0.391. The van der Waals surface area contributed by atoms with Gasteiger partial charge in [-0.15, -0.1) is 0 Å². The Morgan fingerprint density at radius 2 is 1.93 bits per heavy atom. The van der Waals surface area contributed by atoms with E-state index in [1.807, 2.05) is 32.0 Å². The van der Waals surface area contributed by atoms with Gasteiger partial charge in [0.05, 0.1) is 23.8 Å². The highest BCUT2D eigenvalue weighted by molar-refractivity contribution is 9.10. The number of hydrogen-bond acceptors (Lipinski definition) is 5. The van der Waals surface area contributed by atoms with E-state index in [2.05, 4.69) is 35.1 Å². The zero-order chi connectivity index (χ0) is 22.3. The summed E-state index contributed by atoms with van der Waals surface area (Å²) in [5.41, 5.74) is 3.01. The minimum absolute atomic E-state index is 0.251. The summed E-state index contributed by atoms with van der Waals surface area (Å²) in [6.07, 6.45) is 0.841. The number of methoxy groups -OCH3 is 1. The van der Waals surface area contributed by atoms with Crippen LogP contribution < -0.4 is 14.8 Å². The quantitative estimate of drug-likeness (QED) is 0.484. The highest BCUT2D eigenvalue weighted by Crippen LogP contribution is 2.37. The van der Waals surface area contributed by atoms with E-state index in [-0.39, 0.29) is 11.5 Å². The summed E-state index contributed by atoms with van der Waals surface area (Å²) in [6.45, 7) is 8.18. The monoisotopic (exact) mass is 477 g/mol. The van der Waals surface area contributed by atoms with E-state index in [9.17, 15) is 9.59 Å². The van der Waals surface area contributed by atoms with Gasteiger partial charge in [-0.3, -0.25) is 4.79 Å². The molecule has 0 atom stereocenters. The van der Waals surface area contributed by atoms with Gasteiger partial charge in [-0.25, -0.2) is 4.79 Å². The molecule has 0 spiro atoms. The summed E-state index contributed by atoms with van der Waals surface area (Å²) in [5, 5.41) is 2.86. The Morgan fingerprint density at radius 3 is 2.57 bits per heavy atom. The van der Waals surface area contributed by atoms with Gasteiger partial charge in [-0.05, 0) is 58.5 Å². The molecule has 0 unspecified atom stereocenters. The molecule has 0 aliphatic rings. The lowest BCUT2D eigenvalue weighted by molar-refractivity contribution is -0.119. The first kappa shape index (κ1) is 23.7. The summed E-state index contributed by atoms with van der Waals surface area (Å²) in [7, 11) is 1.50. The third kappa shape index (κ3) is 5.98. The number of amides is 1. The Bertz CT molecular complexity index is 911. The normalized spacial score (nSPS) is 10.6. The number of para-hydroxylation sites is 1. The number of esters is 1. The maximum Gasteiger partial charge on any atom is 0.338 e. The van der Waals surface area contributed by atoms with Gasteiger partial charge in [-0.1, -0.05) is 39.0 Å². The first-order chi connectivity index (χ1) is 14.3. The van der Waals surface area contributed by atoms with E-state index in [1.54, 1.807) is 6.07 Å². The topological polar surface area (TPSA) is 73.9 Å². The number of benzene rings is 2. The van der Waals surface area contributed by atoms with Crippen molar-refractivity contribution in [3.63, 3.8) is 0 Å². The van der Waals surface area contributed by atoms with Crippen molar-refractivity contribution in [2.75, 3.05) is 25.6 Å². The number of aryl methyl sites for hydroxylation is 1. The van der Waals surface area contributed by atoms with Crippen LogP contribution in [0.2, 0.25) is 0 Å². The van der Waals surface area contributed by atoms with Crippen LogP contribution in [0.4, 0.5) is 5.69 Å². The van der Waals surface area contributed by atoms with E-state index in [0.717, 1.165) is 23.2 Å². The Labute approximate surface area is 186 Å². The Hall–Kier alpha value is -2.54. The highest BCUT2D eigenvalue weighted by Gasteiger charge is 2.18. The average molecular weight is 478 g/mol. The zero-order valence-corrected chi connectivity index (χ0v) is 19.6. The molecular formula is C23H28BrNO5. The molecule has 2 aromatic rings. The summed E-state index contributed by atoms with van der Waals surface area (Å²) in [4.78, 5) is 24.9. The average Bonchev–Trinajstić information content (AvgIpc) is 2.71. The molecule has 0 bridgehead atoms. The van der Waals surface area contributed by atoms with E-state index in [1.165, 1.54) is 13.2 Å². The van der Waals surface area contributed by atoms with E-state index < -0.39 is 18.5 Å². The molecule has 0 saturated carbocycles. The minimum Gasteiger partial charge on any atom is -0.493 e. The standard InChI is InChI=1S/C23H28BrNO5/c1-6-10-29-22-18(24)11-16(12-19(22)28-5)23(27)30-13-20(26)25-21-15(4)8-7-9-17(21)14(2)3/h7-9,11-12,14H,6,10,13H2,1-5H3,(H,25,26). The number of carbonyl (C=O) groups excluding carboxylic acids is 2.